The highest BCUT2D eigenvalue weighted by molar-refractivity contribution is 9.10. The first-order valence-corrected chi connectivity index (χ1v) is 10.9. The van der Waals surface area contributed by atoms with E-state index in [1.807, 2.05) is 0 Å². The highest BCUT2D eigenvalue weighted by atomic mass is 79.9. The van der Waals surface area contributed by atoms with Crippen LogP contribution < -0.4 is 20.8 Å². The molecule has 2 aromatic carbocycles. The highest BCUT2D eigenvalue weighted by Crippen LogP contribution is 2.19. The fourth-order valence-corrected chi connectivity index (χ4v) is 3.25. The van der Waals surface area contributed by atoms with Crippen molar-refractivity contribution in [3.05, 3.63) is 58.3 Å². The van der Waals surface area contributed by atoms with Crippen molar-refractivity contribution in [1.82, 2.24) is 10.7 Å². The van der Waals surface area contributed by atoms with Crippen molar-refractivity contribution in [3.8, 4) is 5.75 Å². The molecule has 3 amide bonds. The third-order valence-corrected chi connectivity index (χ3v) is 5.03. The van der Waals surface area contributed by atoms with Crippen LogP contribution in [-0.2, 0) is 19.1 Å². The van der Waals surface area contributed by atoms with Crippen LogP contribution in [0.15, 0.2) is 52.0 Å². The van der Waals surface area contributed by atoms with Crippen molar-refractivity contribution >= 4 is 45.6 Å². The molecule has 1 saturated heterocycles. The number of rotatable bonds is 8. The van der Waals surface area contributed by atoms with Crippen LogP contribution in [0.25, 0.3) is 0 Å². The number of hydrogen-bond acceptors (Lipinski definition) is 6. The Hall–Kier alpha value is -3.31. The third-order valence-electron chi connectivity index (χ3n) is 4.53. The van der Waals surface area contributed by atoms with Crippen molar-refractivity contribution in [1.29, 1.82) is 0 Å². The molecule has 1 aliphatic heterocycles. The van der Waals surface area contributed by atoms with E-state index in [2.05, 4.69) is 37.1 Å². The molecule has 0 aliphatic carbocycles. The molecule has 1 heterocycles. The van der Waals surface area contributed by atoms with E-state index in [4.69, 9.17) is 9.47 Å². The first-order valence-electron chi connectivity index (χ1n) is 10.1. The molecule has 11 heteroatoms. The summed E-state index contributed by atoms with van der Waals surface area (Å²) in [5.41, 5.74) is 2.75. The van der Waals surface area contributed by atoms with Crippen molar-refractivity contribution < 1.29 is 28.2 Å². The molecule has 0 radical (unpaired) electrons. The summed E-state index contributed by atoms with van der Waals surface area (Å²) < 4.78 is 25.2. The molecule has 0 spiro atoms. The first kappa shape index (κ1) is 24.3. The zero-order chi connectivity index (χ0) is 23.6. The van der Waals surface area contributed by atoms with E-state index in [0.29, 0.717) is 22.4 Å². The number of hydrazone groups is 1. The lowest BCUT2D eigenvalue weighted by atomic mass is 10.2. The van der Waals surface area contributed by atoms with Crippen LogP contribution in [0.5, 0.6) is 5.75 Å². The van der Waals surface area contributed by atoms with E-state index in [1.54, 1.807) is 30.3 Å². The SMILES string of the molecule is O=C(COc1cccc(/C=N\NC(=O)C(=O)NC[C@@H]2CCCO2)c1)Nc1ccc(Br)cc1F. The van der Waals surface area contributed by atoms with Gasteiger partial charge in [-0.3, -0.25) is 14.4 Å². The molecular weight excluding hydrogens is 499 g/mol. The van der Waals surface area contributed by atoms with Crippen LogP contribution in [-0.4, -0.2) is 49.8 Å². The summed E-state index contributed by atoms with van der Waals surface area (Å²) in [5, 5.41) is 8.68. The van der Waals surface area contributed by atoms with Crippen molar-refractivity contribution in [3.63, 3.8) is 0 Å². The third kappa shape index (κ3) is 7.95. The number of benzene rings is 2. The quantitative estimate of drug-likeness (QED) is 0.280. The number of nitrogens with one attached hydrogen (secondary N) is 3. The van der Waals surface area contributed by atoms with Gasteiger partial charge in [0.2, 0.25) is 0 Å². The van der Waals surface area contributed by atoms with Gasteiger partial charge in [0.05, 0.1) is 18.0 Å². The van der Waals surface area contributed by atoms with Gasteiger partial charge in [-0.2, -0.15) is 5.10 Å². The largest absolute Gasteiger partial charge is 0.484 e. The smallest absolute Gasteiger partial charge is 0.329 e. The Kier molecular flexibility index (Phi) is 8.90. The summed E-state index contributed by atoms with van der Waals surface area (Å²) in [4.78, 5) is 35.6. The lowest BCUT2D eigenvalue weighted by molar-refractivity contribution is -0.139. The number of halogens is 2. The predicted molar refractivity (Wildman–Crippen MR) is 122 cm³/mol. The normalized spacial score (nSPS) is 15.3. The van der Waals surface area contributed by atoms with E-state index in [0.717, 1.165) is 12.8 Å². The van der Waals surface area contributed by atoms with E-state index >= 15 is 0 Å². The van der Waals surface area contributed by atoms with Crippen LogP contribution in [0.4, 0.5) is 10.1 Å². The maximum Gasteiger partial charge on any atom is 0.329 e. The summed E-state index contributed by atoms with van der Waals surface area (Å²) >= 11 is 3.15. The fraction of sp³-hybridized carbons (Fsp3) is 0.273. The standard InChI is InChI=1S/C22H22BrFN4O5/c23-15-6-7-19(18(24)10-15)27-20(29)13-33-16-4-1-3-14(9-16)11-26-28-22(31)21(30)25-12-17-5-2-8-32-17/h1,3-4,6-7,9-11,17H,2,5,8,12-13H2,(H,25,30)(H,27,29)(H,28,31)/b26-11-/t17-/m0/s1. The van der Waals surface area contributed by atoms with Crippen LogP contribution in [0, 0.1) is 5.82 Å². The molecule has 0 aromatic heterocycles. The van der Waals surface area contributed by atoms with Gasteiger partial charge in [0, 0.05) is 17.6 Å². The molecule has 9 nitrogen and oxygen atoms in total. The Bertz CT molecular complexity index is 1040. The van der Waals surface area contributed by atoms with Gasteiger partial charge in [0.25, 0.3) is 5.91 Å². The number of carbonyl (C=O) groups is 3. The number of amides is 3. The van der Waals surface area contributed by atoms with Gasteiger partial charge in [-0.05, 0) is 48.7 Å². The average Bonchev–Trinajstić information content (AvgIpc) is 3.32. The van der Waals surface area contributed by atoms with Gasteiger partial charge >= 0.3 is 11.8 Å². The summed E-state index contributed by atoms with van der Waals surface area (Å²) in [6.07, 6.45) is 3.05. The highest BCUT2D eigenvalue weighted by Gasteiger charge is 2.19. The zero-order valence-electron chi connectivity index (χ0n) is 17.5. The lowest BCUT2D eigenvalue weighted by Crippen LogP contribution is -2.41. The second kappa shape index (κ2) is 12.1. The average molecular weight is 521 g/mol. The van der Waals surface area contributed by atoms with E-state index < -0.39 is 23.5 Å². The van der Waals surface area contributed by atoms with Crippen LogP contribution in [0.1, 0.15) is 18.4 Å². The number of ether oxygens (including phenoxy) is 2. The number of hydrogen-bond donors (Lipinski definition) is 3. The molecule has 0 bridgehead atoms. The molecule has 1 aliphatic rings. The van der Waals surface area contributed by atoms with Crippen molar-refractivity contribution in [2.45, 2.75) is 18.9 Å². The Morgan fingerprint density at radius 2 is 2.06 bits per heavy atom. The van der Waals surface area contributed by atoms with Gasteiger partial charge in [-0.1, -0.05) is 28.1 Å². The molecule has 33 heavy (non-hydrogen) atoms. The molecule has 3 rings (SSSR count). The number of nitrogens with zero attached hydrogens (tertiary/aromatic N) is 1. The Labute approximate surface area is 197 Å². The molecule has 2 aromatic rings. The predicted octanol–water partition coefficient (Wildman–Crippen LogP) is 2.35. The minimum absolute atomic E-state index is 0.0447. The fourth-order valence-electron chi connectivity index (χ4n) is 2.92. The second-order valence-electron chi connectivity index (χ2n) is 7.08. The minimum Gasteiger partial charge on any atom is -0.484 e. The number of carbonyl (C=O) groups excluding carboxylic acids is 3. The van der Waals surface area contributed by atoms with Crippen LogP contribution >= 0.6 is 15.9 Å². The molecule has 3 N–H and O–H groups in total. The summed E-state index contributed by atoms with van der Waals surface area (Å²) in [6.45, 7) is 0.601. The van der Waals surface area contributed by atoms with Crippen molar-refractivity contribution in [2.75, 3.05) is 25.1 Å². The monoisotopic (exact) mass is 520 g/mol. The molecule has 1 fully saturated rings. The first-order chi connectivity index (χ1) is 15.9. The Balaban J connectivity index is 1.43. The summed E-state index contributed by atoms with van der Waals surface area (Å²) in [6, 6.07) is 10.9. The van der Waals surface area contributed by atoms with Crippen LogP contribution in [0.2, 0.25) is 0 Å². The van der Waals surface area contributed by atoms with Crippen LogP contribution in [0.3, 0.4) is 0 Å². The van der Waals surface area contributed by atoms with Gasteiger partial charge in [0.15, 0.2) is 6.61 Å². The molecule has 174 valence electrons. The zero-order valence-corrected chi connectivity index (χ0v) is 19.1. The van der Waals surface area contributed by atoms with Gasteiger partial charge in [-0.15, -0.1) is 0 Å². The van der Waals surface area contributed by atoms with Gasteiger partial charge < -0.3 is 20.1 Å². The molecule has 0 saturated carbocycles. The summed E-state index contributed by atoms with van der Waals surface area (Å²) in [7, 11) is 0. The summed E-state index contributed by atoms with van der Waals surface area (Å²) in [5.74, 6) is -2.43. The molecule has 0 unspecified atom stereocenters. The van der Waals surface area contributed by atoms with Gasteiger partial charge in [-0.25, -0.2) is 9.82 Å². The maximum absolute atomic E-state index is 13.8. The Morgan fingerprint density at radius 1 is 1.21 bits per heavy atom. The molecular formula is C22H22BrFN4O5. The van der Waals surface area contributed by atoms with E-state index in [-0.39, 0.29) is 24.9 Å². The second-order valence-corrected chi connectivity index (χ2v) is 7.99. The minimum atomic E-state index is -0.895. The van der Waals surface area contributed by atoms with Crippen molar-refractivity contribution in [2.24, 2.45) is 5.10 Å². The topological polar surface area (TPSA) is 118 Å². The van der Waals surface area contributed by atoms with E-state index in [1.165, 1.54) is 18.3 Å². The Morgan fingerprint density at radius 3 is 2.82 bits per heavy atom. The lowest BCUT2D eigenvalue weighted by Gasteiger charge is -2.09. The maximum atomic E-state index is 13.8. The molecule has 1 atom stereocenters. The van der Waals surface area contributed by atoms with E-state index in [9.17, 15) is 18.8 Å². The number of anilines is 1. The van der Waals surface area contributed by atoms with Gasteiger partial charge in [0.1, 0.15) is 11.6 Å².